The summed E-state index contributed by atoms with van der Waals surface area (Å²) in [4.78, 5) is 12.3. The zero-order valence-electron chi connectivity index (χ0n) is 9.49. The number of benzene rings is 1. The van der Waals surface area contributed by atoms with Crippen LogP contribution in [0.25, 0.3) is 0 Å². The highest BCUT2D eigenvalue weighted by Gasteiger charge is 2.26. The zero-order chi connectivity index (χ0) is 11.7. The first-order valence-corrected chi connectivity index (χ1v) is 5.35. The van der Waals surface area contributed by atoms with Crippen molar-refractivity contribution in [3.8, 4) is 5.75 Å². The average molecular weight is 221 g/mol. The van der Waals surface area contributed by atoms with Crippen LogP contribution in [0.3, 0.4) is 0 Å². The highest BCUT2D eigenvalue weighted by atomic mass is 16.5. The molecule has 4 nitrogen and oxygen atoms in total. The molecular weight excluding hydrogens is 206 g/mol. The van der Waals surface area contributed by atoms with E-state index in [0.29, 0.717) is 19.7 Å². The fourth-order valence-corrected chi connectivity index (χ4v) is 2.04. The summed E-state index contributed by atoms with van der Waals surface area (Å²) in [6.45, 7) is 5.41. The number of carbonyl (C=O) groups is 1. The molecule has 0 spiro atoms. The van der Waals surface area contributed by atoms with Gasteiger partial charge in [-0.25, -0.2) is 4.79 Å². The van der Waals surface area contributed by atoms with Crippen molar-refractivity contribution in [2.75, 3.05) is 6.61 Å². The Labute approximate surface area is 94.4 Å². The lowest BCUT2D eigenvalue weighted by Gasteiger charge is -2.12. The van der Waals surface area contributed by atoms with E-state index in [9.17, 15) is 4.79 Å². The van der Waals surface area contributed by atoms with Gasteiger partial charge in [0.15, 0.2) is 0 Å². The normalized spacial score (nSPS) is 13.8. The standard InChI is InChI=1S/C12H15NO3/c1-3-16-11-8(2)4-5-9-6-13(12(14)15)7-10(9)11/h4-5H,3,6-7H2,1-2H3,(H,14,15). The SMILES string of the molecule is CCOc1c(C)ccc2c1CN(C(=O)O)C2. The molecule has 0 atom stereocenters. The third-order valence-corrected chi connectivity index (χ3v) is 2.82. The quantitative estimate of drug-likeness (QED) is 0.834. The molecule has 1 aromatic carbocycles. The number of carboxylic acid groups (broad SMARTS) is 1. The molecule has 0 radical (unpaired) electrons. The van der Waals surface area contributed by atoms with E-state index in [4.69, 9.17) is 9.84 Å². The Morgan fingerprint density at radius 3 is 2.88 bits per heavy atom. The maximum Gasteiger partial charge on any atom is 0.407 e. The molecule has 2 rings (SSSR count). The van der Waals surface area contributed by atoms with Crippen molar-refractivity contribution in [1.82, 2.24) is 4.90 Å². The number of amides is 1. The molecule has 0 fully saturated rings. The van der Waals surface area contributed by atoms with Gasteiger partial charge in [0.2, 0.25) is 0 Å². The highest BCUT2D eigenvalue weighted by Crippen LogP contribution is 2.33. The number of hydrogen-bond donors (Lipinski definition) is 1. The van der Waals surface area contributed by atoms with E-state index in [1.807, 2.05) is 26.0 Å². The zero-order valence-corrected chi connectivity index (χ0v) is 9.49. The van der Waals surface area contributed by atoms with Gasteiger partial charge in [-0.2, -0.15) is 0 Å². The van der Waals surface area contributed by atoms with Crippen molar-refractivity contribution in [2.24, 2.45) is 0 Å². The van der Waals surface area contributed by atoms with Crippen LogP contribution in [-0.2, 0) is 13.1 Å². The van der Waals surface area contributed by atoms with Crippen LogP contribution in [0.5, 0.6) is 5.75 Å². The van der Waals surface area contributed by atoms with E-state index in [-0.39, 0.29) is 0 Å². The molecule has 0 aromatic heterocycles. The van der Waals surface area contributed by atoms with E-state index in [0.717, 1.165) is 22.4 Å². The second-order valence-electron chi connectivity index (χ2n) is 3.92. The summed E-state index contributed by atoms with van der Waals surface area (Å²) in [5, 5.41) is 8.96. The van der Waals surface area contributed by atoms with Crippen LogP contribution in [0.4, 0.5) is 4.79 Å². The lowest BCUT2D eigenvalue weighted by atomic mass is 10.1. The molecule has 1 N–H and O–H groups in total. The van der Waals surface area contributed by atoms with Gasteiger partial charge in [0.25, 0.3) is 0 Å². The predicted molar refractivity (Wildman–Crippen MR) is 59.6 cm³/mol. The molecule has 1 aromatic rings. The Bertz CT molecular complexity index is 429. The summed E-state index contributed by atoms with van der Waals surface area (Å²) in [6.07, 6.45) is -0.878. The summed E-state index contributed by atoms with van der Waals surface area (Å²) >= 11 is 0. The minimum Gasteiger partial charge on any atom is -0.493 e. The van der Waals surface area contributed by atoms with E-state index >= 15 is 0 Å². The van der Waals surface area contributed by atoms with Crippen molar-refractivity contribution in [1.29, 1.82) is 0 Å². The Hall–Kier alpha value is -1.71. The van der Waals surface area contributed by atoms with Gasteiger partial charge in [0.1, 0.15) is 5.75 Å². The second-order valence-corrected chi connectivity index (χ2v) is 3.92. The van der Waals surface area contributed by atoms with Crippen molar-refractivity contribution in [3.05, 3.63) is 28.8 Å². The van der Waals surface area contributed by atoms with Gasteiger partial charge in [-0.15, -0.1) is 0 Å². The fraction of sp³-hybridized carbons (Fsp3) is 0.417. The molecule has 1 heterocycles. The molecule has 16 heavy (non-hydrogen) atoms. The van der Waals surface area contributed by atoms with E-state index in [1.165, 1.54) is 4.90 Å². The number of aryl methyl sites for hydroxylation is 1. The number of rotatable bonds is 2. The maximum atomic E-state index is 10.9. The molecule has 1 aliphatic heterocycles. The molecule has 0 aliphatic carbocycles. The number of fused-ring (bicyclic) bond motifs is 1. The van der Waals surface area contributed by atoms with Crippen LogP contribution in [0.1, 0.15) is 23.6 Å². The smallest absolute Gasteiger partial charge is 0.407 e. The van der Waals surface area contributed by atoms with Crippen molar-refractivity contribution >= 4 is 6.09 Å². The topological polar surface area (TPSA) is 49.8 Å². The summed E-state index contributed by atoms with van der Waals surface area (Å²) in [6, 6.07) is 3.96. The first-order chi connectivity index (χ1) is 7.63. The van der Waals surface area contributed by atoms with Crippen LogP contribution in [0.15, 0.2) is 12.1 Å². The van der Waals surface area contributed by atoms with Gasteiger partial charge in [0.05, 0.1) is 13.2 Å². The summed E-state index contributed by atoms with van der Waals surface area (Å²) < 4.78 is 5.59. The average Bonchev–Trinajstić information content (AvgIpc) is 2.66. The lowest BCUT2D eigenvalue weighted by Crippen LogP contribution is -2.22. The number of nitrogens with zero attached hydrogens (tertiary/aromatic N) is 1. The summed E-state index contributed by atoms with van der Waals surface area (Å²) in [5.74, 6) is 0.851. The Morgan fingerprint density at radius 2 is 2.25 bits per heavy atom. The molecule has 0 unspecified atom stereocenters. The predicted octanol–water partition coefficient (Wildman–Crippen LogP) is 2.39. The van der Waals surface area contributed by atoms with Crippen LogP contribution in [0.2, 0.25) is 0 Å². The first-order valence-electron chi connectivity index (χ1n) is 5.35. The van der Waals surface area contributed by atoms with E-state index in [1.54, 1.807) is 0 Å². The lowest BCUT2D eigenvalue weighted by molar-refractivity contribution is 0.145. The van der Waals surface area contributed by atoms with Crippen LogP contribution < -0.4 is 4.74 Å². The van der Waals surface area contributed by atoms with Crippen molar-refractivity contribution in [3.63, 3.8) is 0 Å². The fourth-order valence-electron chi connectivity index (χ4n) is 2.04. The molecule has 1 aliphatic rings. The number of hydrogen-bond acceptors (Lipinski definition) is 2. The monoisotopic (exact) mass is 221 g/mol. The Morgan fingerprint density at radius 1 is 1.50 bits per heavy atom. The largest absolute Gasteiger partial charge is 0.493 e. The minimum absolute atomic E-state index is 0.432. The summed E-state index contributed by atoms with van der Waals surface area (Å²) in [7, 11) is 0. The molecule has 0 bridgehead atoms. The third-order valence-electron chi connectivity index (χ3n) is 2.82. The van der Waals surface area contributed by atoms with Crippen molar-refractivity contribution < 1.29 is 14.6 Å². The van der Waals surface area contributed by atoms with Crippen molar-refractivity contribution in [2.45, 2.75) is 26.9 Å². The molecule has 0 saturated carbocycles. The summed E-state index contributed by atoms with van der Waals surface area (Å²) in [5.41, 5.74) is 3.13. The molecule has 1 amide bonds. The number of ether oxygens (including phenoxy) is 1. The van der Waals surface area contributed by atoms with E-state index in [2.05, 4.69) is 0 Å². The van der Waals surface area contributed by atoms with Gasteiger partial charge >= 0.3 is 6.09 Å². The highest BCUT2D eigenvalue weighted by molar-refractivity contribution is 5.67. The Kier molecular flexibility index (Phi) is 2.73. The molecule has 0 saturated heterocycles. The molecule has 4 heteroatoms. The van der Waals surface area contributed by atoms with Gasteiger partial charge < -0.3 is 9.84 Å². The second kappa shape index (κ2) is 4.04. The van der Waals surface area contributed by atoms with Crippen LogP contribution in [0, 0.1) is 6.92 Å². The van der Waals surface area contributed by atoms with Gasteiger partial charge in [-0.3, -0.25) is 4.90 Å². The third kappa shape index (κ3) is 1.71. The first kappa shape index (κ1) is 10.8. The van der Waals surface area contributed by atoms with E-state index < -0.39 is 6.09 Å². The van der Waals surface area contributed by atoms with Gasteiger partial charge in [-0.05, 0) is 25.0 Å². The Balaban J connectivity index is 2.37. The van der Waals surface area contributed by atoms with Gasteiger partial charge in [-0.1, -0.05) is 12.1 Å². The minimum atomic E-state index is -0.878. The van der Waals surface area contributed by atoms with Crippen LogP contribution in [-0.4, -0.2) is 22.7 Å². The van der Waals surface area contributed by atoms with Gasteiger partial charge in [0, 0.05) is 12.1 Å². The van der Waals surface area contributed by atoms with Crippen LogP contribution >= 0.6 is 0 Å². The maximum absolute atomic E-state index is 10.9. The molecular formula is C12H15NO3. The molecule has 86 valence electrons.